The van der Waals surface area contributed by atoms with Crippen molar-refractivity contribution >= 4 is 28.2 Å². The van der Waals surface area contributed by atoms with Gasteiger partial charge in [-0.05, 0) is 30.0 Å². The van der Waals surface area contributed by atoms with Gasteiger partial charge in [0.05, 0.1) is 7.11 Å². The minimum absolute atomic E-state index is 0.599. The molecule has 2 aromatic rings. The highest BCUT2D eigenvalue weighted by Gasteiger charge is 2.11. The normalized spacial score (nSPS) is 10.7. The Morgan fingerprint density at radius 2 is 2.11 bits per heavy atom. The van der Waals surface area contributed by atoms with Crippen molar-refractivity contribution in [3.63, 3.8) is 0 Å². The minimum Gasteiger partial charge on any atom is -0.497 e. The van der Waals surface area contributed by atoms with Crippen LogP contribution in [0.2, 0.25) is 0 Å². The number of ether oxygens (including phenoxy) is 1. The largest absolute Gasteiger partial charge is 0.497 e. The average molecular weight is 279 g/mol. The fourth-order valence-corrected chi connectivity index (χ4v) is 2.41. The molecular weight excluding hydrogens is 260 g/mol. The lowest BCUT2D eigenvalue weighted by Crippen LogP contribution is -2.27. The molecule has 1 aromatic carbocycles. The van der Waals surface area contributed by atoms with Crippen molar-refractivity contribution < 1.29 is 4.74 Å². The van der Waals surface area contributed by atoms with E-state index in [1.165, 1.54) is 5.39 Å². The fraction of sp³-hybridized carbons (Fsp3) is 0.400. The van der Waals surface area contributed by atoms with Crippen LogP contribution in [0, 0.1) is 0 Å². The van der Waals surface area contributed by atoms with Crippen molar-refractivity contribution in [3.8, 4) is 5.75 Å². The Labute approximate surface area is 119 Å². The van der Waals surface area contributed by atoms with E-state index in [1.807, 2.05) is 24.4 Å². The second-order valence-corrected chi connectivity index (χ2v) is 4.78. The monoisotopic (exact) mass is 278 g/mol. The van der Waals surface area contributed by atoms with Crippen molar-refractivity contribution in [1.29, 1.82) is 0 Å². The Hall–Kier alpha value is -1.48. The fourth-order valence-electron chi connectivity index (χ4n) is 2.21. The van der Waals surface area contributed by atoms with Crippen LogP contribution in [0.25, 0.3) is 10.8 Å². The molecule has 0 amide bonds. The van der Waals surface area contributed by atoms with Gasteiger partial charge in [-0.25, -0.2) is 4.98 Å². The lowest BCUT2D eigenvalue weighted by molar-refractivity contribution is 0.415. The molecule has 0 saturated heterocycles. The van der Waals surface area contributed by atoms with Crippen molar-refractivity contribution in [2.75, 3.05) is 31.0 Å². The van der Waals surface area contributed by atoms with Gasteiger partial charge in [0.2, 0.25) is 0 Å². The van der Waals surface area contributed by atoms with Crippen LogP contribution < -0.4 is 9.64 Å². The molecule has 0 N–H and O–H groups in total. The van der Waals surface area contributed by atoms with Crippen LogP contribution in [0.1, 0.15) is 13.3 Å². The highest BCUT2D eigenvalue weighted by molar-refractivity contribution is 6.18. The van der Waals surface area contributed by atoms with Crippen LogP contribution >= 0.6 is 11.6 Å². The van der Waals surface area contributed by atoms with Crippen LogP contribution in [0.15, 0.2) is 30.5 Å². The molecule has 1 heterocycles. The standard InChI is InChI=1S/C15H19ClN2O/c1-3-9-18(10-7-16)15-14-11-13(19-2)5-4-12(14)6-8-17-15/h4-6,8,11H,3,7,9-10H2,1-2H3. The molecule has 2 rings (SSSR count). The van der Waals surface area contributed by atoms with Gasteiger partial charge in [0, 0.05) is 30.6 Å². The van der Waals surface area contributed by atoms with Gasteiger partial charge in [-0.3, -0.25) is 0 Å². The number of methoxy groups -OCH3 is 1. The molecule has 0 aliphatic carbocycles. The van der Waals surface area contributed by atoms with Crippen LogP contribution in [0.4, 0.5) is 5.82 Å². The Kier molecular flexibility index (Phi) is 4.86. The SMILES string of the molecule is CCCN(CCCl)c1nccc2ccc(OC)cc12. The molecule has 0 unspecified atom stereocenters. The highest BCUT2D eigenvalue weighted by Crippen LogP contribution is 2.28. The third-order valence-corrected chi connectivity index (χ3v) is 3.27. The summed E-state index contributed by atoms with van der Waals surface area (Å²) in [6.45, 7) is 3.92. The molecule has 3 nitrogen and oxygen atoms in total. The molecule has 0 aliphatic rings. The van der Waals surface area contributed by atoms with Crippen molar-refractivity contribution in [2.24, 2.45) is 0 Å². The first-order valence-electron chi connectivity index (χ1n) is 6.53. The second kappa shape index (κ2) is 6.62. The molecule has 102 valence electrons. The van der Waals surface area contributed by atoms with E-state index < -0.39 is 0 Å². The zero-order valence-electron chi connectivity index (χ0n) is 11.4. The third kappa shape index (κ3) is 3.10. The molecule has 1 aromatic heterocycles. The number of benzene rings is 1. The van der Waals surface area contributed by atoms with Crippen molar-refractivity contribution in [3.05, 3.63) is 30.5 Å². The molecular formula is C15H19ClN2O. The summed E-state index contributed by atoms with van der Waals surface area (Å²) >= 11 is 5.90. The maximum atomic E-state index is 5.90. The van der Waals surface area contributed by atoms with Gasteiger partial charge in [0.1, 0.15) is 11.6 Å². The van der Waals surface area contributed by atoms with Crippen LogP contribution in [0.3, 0.4) is 0 Å². The molecule has 0 spiro atoms. The number of fused-ring (bicyclic) bond motifs is 1. The zero-order valence-corrected chi connectivity index (χ0v) is 12.2. The summed E-state index contributed by atoms with van der Waals surface area (Å²) in [5.74, 6) is 2.44. The van der Waals surface area contributed by atoms with E-state index in [1.54, 1.807) is 7.11 Å². The minimum atomic E-state index is 0.599. The smallest absolute Gasteiger partial charge is 0.136 e. The first-order valence-corrected chi connectivity index (χ1v) is 7.07. The number of hydrogen-bond acceptors (Lipinski definition) is 3. The maximum Gasteiger partial charge on any atom is 0.136 e. The molecule has 0 saturated carbocycles. The van der Waals surface area contributed by atoms with Gasteiger partial charge in [0.15, 0.2) is 0 Å². The lowest BCUT2D eigenvalue weighted by atomic mass is 10.1. The molecule has 19 heavy (non-hydrogen) atoms. The number of anilines is 1. The first-order chi connectivity index (χ1) is 9.30. The quantitative estimate of drug-likeness (QED) is 0.754. The van der Waals surface area contributed by atoms with Gasteiger partial charge in [-0.2, -0.15) is 0 Å². The van der Waals surface area contributed by atoms with E-state index in [2.05, 4.69) is 22.9 Å². The Morgan fingerprint density at radius 3 is 2.79 bits per heavy atom. The first kappa shape index (κ1) is 13.9. The van der Waals surface area contributed by atoms with E-state index in [0.29, 0.717) is 5.88 Å². The number of nitrogens with zero attached hydrogens (tertiary/aromatic N) is 2. The summed E-state index contributed by atoms with van der Waals surface area (Å²) in [7, 11) is 1.68. The Balaban J connectivity index is 2.50. The molecule has 0 atom stereocenters. The van der Waals surface area contributed by atoms with Crippen LogP contribution in [-0.2, 0) is 0 Å². The molecule has 4 heteroatoms. The summed E-state index contributed by atoms with van der Waals surface area (Å²) < 4.78 is 5.30. The number of pyridine rings is 1. The van der Waals surface area contributed by atoms with E-state index in [0.717, 1.165) is 36.5 Å². The van der Waals surface area contributed by atoms with Gasteiger partial charge < -0.3 is 9.64 Å². The summed E-state index contributed by atoms with van der Waals surface area (Å²) in [5.41, 5.74) is 0. The topological polar surface area (TPSA) is 25.4 Å². The van der Waals surface area contributed by atoms with Crippen LogP contribution in [0.5, 0.6) is 5.75 Å². The van der Waals surface area contributed by atoms with Crippen molar-refractivity contribution in [1.82, 2.24) is 4.98 Å². The molecule has 0 fully saturated rings. The van der Waals surface area contributed by atoms with E-state index in [9.17, 15) is 0 Å². The van der Waals surface area contributed by atoms with Gasteiger partial charge >= 0.3 is 0 Å². The van der Waals surface area contributed by atoms with Gasteiger partial charge in [-0.15, -0.1) is 11.6 Å². The Morgan fingerprint density at radius 1 is 1.26 bits per heavy atom. The number of alkyl halides is 1. The molecule has 0 radical (unpaired) electrons. The van der Waals surface area contributed by atoms with E-state index in [4.69, 9.17) is 16.3 Å². The number of aromatic nitrogens is 1. The Bertz CT molecular complexity index is 539. The van der Waals surface area contributed by atoms with Crippen LogP contribution in [-0.4, -0.2) is 31.1 Å². The molecule has 0 aliphatic heterocycles. The summed E-state index contributed by atoms with van der Waals surface area (Å²) in [6, 6.07) is 8.08. The summed E-state index contributed by atoms with van der Waals surface area (Å²) in [5, 5.41) is 2.28. The lowest BCUT2D eigenvalue weighted by Gasteiger charge is -2.23. The van der Waals surface area contributed by atoms with E-state index in [-0.39, 0.29) is 0 Å². The number of halogens is 1. The van der Waals surface area contributed by atoms with E-state index >= 15 is 0 Å². The molecule has 0 bridgehead atoms. The summed E-state index contributed by atoms with van der Waals surface area (Å²) in [4.78, 5) is 6.76. The van der Waals surface area contributed by atoms with Crippen molar-refractivity contribution in [2.45, 2.75) is 13.3 Å². The maximum absolute atomic E-state index is 5.90. The van der Waals surface area contributed by atoms with Gasteiger partial charge in [-0.1, -0.05) is 13.0 Å². The summed E-state index contributed by atoms with van der Waals surface area (Å²) in [6.07, 6.45) is 2.92. The predicted molar refractivity (Wildman–Crippen MR) is 81.5 cm³/mol. The third-order valence-electron chi connectivity index (χ3n) is 3.10. The predicted octanol–water partition coefficient (Wildman–Crippen LogP) is 3.70. The second-order valence-electron chi connectivity index (χ2n) is 4.40. The van der Waals surface area contributed by atoms with Gasteiger partial charge in [0.25, 0.3) is 0 Å². The number of rotatable bonds is 6. The zero-order chi connectivity index (χ0) is 13.7. The highest BCUT2D eigenvalue weighted by atomic mass is 35.5. The average Bonchev–Trinajstić information content (AvgIpc) is 2.46. The number of hydrogen-bond donors (Lipinski definition) is 0.